The third-order valence-corrected chi connectivity index (χ3v) is 3.79. The number of benzene rings is 2. The van der Waals surface area contributed by atoms with Crippen molar-refractivity contribution in [2.75, 3.05) is 0 Å². The van der Waals surface area contributed by atoms with Crippen LogP contribution in [0.1, 0.15) is 37.4 Å². The van der Waals surface area contributed by atoms with Gasteiger partial charge >= 0.3 is 0 Å². The van der Waals surface area contributed by atoms with E-state index in [-0.39, 0.29) is 24.1 Å². The summed E-state index contributed by atoms with van der Waals surface area (Å²) >= 11 is 0. The smallest absolute Gasteiger partial charge is 0.262 e. The molecule has 1 heterocycles. The second-order valence-corrected chi connectivity index (χ2v) is 5.32. The molecule has 0 saturated carbocycles. The van der Waals surface area contributed by atoms with E-state index in [0.717, 1.165) is 16.7 Å². The van der Waals surface area contributed by atoms with Crippen LogP contribution in [0.15, 0.2) is 36.4 Å². The molecule has 0 fully saturated rings. The second-order valence-electron chi connectivity index (χ2n) is 5.32. The molecule has 1 aliphatic rings. The molecule has 2 aromatic rings. The number of fused-ring (bicyclic) bond motifs is 1. The Morgan fingerprint density at radius 1 is 0.952 bits per heavy atom. The summed E-state index contributed by atoms with van der Waals surface area (Å²) in [5.41, 5.74) is 3.35. The van der Waals surface area contributed by atoms with E-state index in [9.17, 15) is 14.7 Å². The van der Waals surface area contributed by atoms with Gasteiger partial charge in [0, 0.05) is 0 Å². The van der Waals surface area contributed by atoms with Crippen molar-refractivity contribution in [3.8, 4) is 5.75 Å². The van der Waals surface area contributed by atoms with Gasteiger partial charge in [-0.1, -0.05) is 24.3 Å². The van der Waals surface area contributed by atoms with Crippen LogP contribution >= 0.6 is 0 Å². The summed E-state index contributed by atoms with van der Waals surface area (Å²) in [5.74, 6) is -0.407. The molecule has 0 saturated heterocycles. The van der Waals surface area contributed by atoms with Crippen LogP contribution in [0.2, 0.25) is 0 Å². The first kappa shape index (κ1) is 13.4. The predicted molar refractivity (Wildman–Crippen MR) is 78.2 cm³/mol. The highest BCUT2D eigenvalue weighted by Gasteiger charge is 2.37. The quantitative estimate of drug-likeness (QED) is 0.861. The zero-order valence-electron chi connectivity index (χ0n) is 11.9. The molecular weight excluding hydrogens is 266 g/mol. The molecule has 1 aliphatic heterocycles. The SMILES string of the molecule is Cc1ccc(C)c2c1C(=O)N(Cc1cccc(O)c1)C2=O. The number of aromatic hydroxyl groups is 1. The Balaban J connectivity index is 2.01. The lowest BCUT2D eigenvalue weighted by molar-refractivity contribution is 0.0642. The van der Waals surface area contributed by atoms with E-state index in [1.807, 2.05) is 26.0 Å². The van der Waals surface area contributed by atoms with Crippen molar-refractivity contribution >= 4 is 11.8 Å². The minimum Gasteiger partial charge on any atom is -0.508 e. The zero-order valence-corrected chi connectivity index (χ0v) is 11.9. The number of phenols is 1. The van der Waals surface area contributed by atoms with Crippen molar-refractivity contribution < 1.29 is 14.7 Å². The molecule has 0 atom stereocenters. The fourth-order valence-corrected chi connectivity index (χ4v) is 2.71. The Morgan fingerprint density at radius 3 is 2.05 bits per heavy atom. The molecule has 0 spiro atoms. The molecule has 21 heavy (non-hydrogen) atoms. The Labute approximate surface area is 122 Å². The normalized spacial score (nSPS) is 13.7. The number of amides is 2. The van der Waals surface area contributed by atoms with Crippen LogP contribution in [0.25, 0.3) is 0 Å². The van der Waals surface area contributed by atoms with Crippen LogP contribution in [0.5, 0.6) is 5.75 Å². The van der Waals surface area contributed by atoms with Crippen LogP contribution in [0.3, 0.4) is 0 Å². The maximum Gasteiger partial charge on any atom is 0.262 e. The number of hydrogen-bond donors (Lipinski definition) is 1. The molecule has 3 rings (SSSR count). The molecule has 2 aromatic carbocycles. The number of nitrogens with zero attached hydrogens (tertiary/aromatic N) is 1. The van der Waals surface area contributed by atoms with Gasteiger partial charge in [-0.05, 0) is 42.7 Å². The van der Waals surface area contributed by atoms with E-state index in [4.69, 9.17) is 0 Å². The number of hydrogen-bond acceptors (Lipinski definition) is 3. The van der Waals surface area contributed by atoms with Gasteiger partial charge in [-0.2, -0.15) is 0 Å². The van der Waals surface area contributed by atoms with E-state index >= 15 is 0 Å². The number of carbonyl (C=O) groups excluding carboxylic acids is 2. The predicted octanol–water partition coefficient (Wildman–Crippen LogP) is 2.81. The molecule has 4 heteroatoms. The van der Waals surface area contributed by atoms with Crippen LogP contribution in [-0.4, -0.2) is 21.8 Å². The monoisotopic (exact) mass is 281 g/mol. The average Bonchev–Trinajstić information content (AvgIpc) is 2.69. The van der Waals surface area contributed by atoms with Crippen LogP contribution in [0, 0.1) is 13.8 Å². The van der Waals surface area contributed by atoms with Crippen molar-refractivity contribution in [2.24, 2.45) is 0 Å². The van der Waals surface area contributed by atoms with Crippen LogP contribution in [0.4, 0.5) is 0 Å². The Morgan fingerprint density at radius 2 is 1.52 bits per heavy atom. The van der Waals surface area contributed by atoms with Crippen molar-refractivity contribution in [1.82, 2.24) is 4.90 Å². The maximum absolute atomic E-state index is 12.5. The van der Waals surface area contributed by atoms with E-state index in [1.54, 1.807) is 24.3 Å². The molecule has 2 amide bonds. The topological polar surface area (TPSA) is 57.6 Å². The van der Waals surface area contributed by atoms with Crippen LogP contribution < -0.4 is 0 Å². The van der Waals surface area contributed by atoms with Crippen molar-refractivity contribution in [3.63, 3.8) is 0 Å². The zero-order chi connectivity index (χ0) is 15.1. The molecule has 106 valence electrons. The molecule has 1 N–H and O–H groups in total. The summed E-state index contributed by atoms with van der Waals surface area (Å²) in [4.78, 5) is 26.3. The third kappa shape index (κ3) is 2.09. The lowest BCUT2D eigenvalue weighted by Crippen LogP contribution is -2.29. The first-order valence-corrected chi connectivity index (χ1v) is 6.73. The Kier molecular flexibility index (Phi) is 3.01. The number of aryl methyl sites for hydroxylation is 2. The van der Waals surface area contributed by atoms with Gasteiger partial charge in [0.1, 0.15) is 5.75 Å². The number of carbonyl (C=O) groups is 2. The summed E-state index contributed by atoms with van der Waals surface area (Å²) in [7, 11) is 0. The van der Waals surface area contributed by atoms with E-state index in [0.29, 0.717) is 11.1 Å². The van der Waals surface area contributed by atoms with E-state index < -0.39 is 0 Å². The molecule has 0 aromatic heterocycles. The Bertz CT molecular complexity index is 724. The first-order valence-electron chi connectivity index (χ1n) is 6.73. The fraction of sp³-hybridized carbons (Fsp3) is 0.176. The number of imide groups is 1. The van der Waals surface area contributed by atoms with Gasteiger partial charge in [-0.25, -0.2) is 0 Å². The summed E-state index contributed by atoms with van der Waals surface area (Å²) in [5, 5.41) is 9.49. The maximum atomic E-state index is 12.5. The standard InChI is InChI=1S/C17H15NO3/c1-10-6-7-11(2)15-14(10)16(20)18(17(15)21)9-12-4-3-5-13(19)8-12/h3-8,19H,9H2,1-2H3. The van der Waals surface area contributed by atoms with Gasteiger partial charge in [0.05, 0.1) is 17.7 Å². The third-order valence-electron chi connectivity index (χ3n) is 3.79. The average molecular weight is 281 g/mol. The lowest BCUT2D eigenvalue weighted by Gasteiger charge is -2.14. The number of rotatable bonds is 2. The largest absolute Gasteiger partial charge is 0.508 e. The van der Waals surface area contributed by atoms with Crippen molar-refractivity contribution in [2.45, 2.75) is 20.4 Å². The minimum atomic E-state index is -0.264. The molecule has 4 nitrogen and oxygen atoms in total. The van der Waals surface area contributed by atoms with Gasteiger partial charge < -0.3 is 5.11 Å². The molecule has 0 unspecified atom stereocenters. The minimum absolute atomic E-state index is 0.122. The van der Waals surface area contributed by atoms with Crippen molar-refractivity contribution in [1.29, 1.82) is 0 Å². The molecule has 0 bridgehead atoms. The second kappa shape index (κ2) is 4.74. The van der Waals surface area contributed by atoms with Gasteiger partial charge in [0.25, 0.3) is 11.8 Å². The Hall–Kier alpha value is -2.62. The molecule has 0 aliphatic carbocycles. The van der Waals surface area contributed by atoms with Crippen molar-refractivity contribution in [3.05, 3.63) is 64.2 Å². The van der Waals surface area contributed by atoms with Gasteiger partial charge in [0.15, 0.2) is 0 Å². The summed E-state index contributed by atoms with van der Waals surface area (Å²) in [6.45, 7) is 3.84. The van der Waals surface area contributed by atoms with E-state index in [1.165, 1.54) is 4.90 Å². The number of phenolic OH excluding ortho intramolecular Hbond substituents is 1. The van der Waals surface area contributed by atoms with Gasteiger partial charge in [0.2, 0.25) is 0 Å². The summed E-state index contributed by atoms with van der Waals surface area (Å²) < 4.78 is 0. The highest BCUT2D eigenvalue weighted by atomic mass is 16.3. The van der Waals surface area contributed by atoms with Gasteiger partial charge in [-0.3, -0.25) is 14.5 Å². The molecular formula is C17H15NO3. The lowest BCUT2D eigenvalue weighted by atomic mass is 9.99. The van der Waals surface area contributed by atoms with Gasteiger partial charge in [-0.15, -0.1) is 0 Å². The summed E-state index contributed by atoms with van der Waals surface area (Å²) in [6, 6.07) is 10.3. The first-order chi connectivity index (χ1) is 9.99. The molecule has 0 radical (unpaired) electrons. The van der Waals surface area contributed by atoms with Crippen LogP contribution in [-0.2, 0) is 6.54 Å². The highest BCUT2D eigenvalue weighted by Crippen LogP contribution is 2.30. The highest BCUT2D eigenvalue weighted by molar-refractivity contribution is 6.22. The van der Waals surface area contributed by atoms with E-state index in [2.05, 4.69) is 0 Å². The fourth-order valence-electron chi connectivity index (χ4n) is 2.71. The summed E-state index contributed by atoms with van der Waals surface area (Å²) in [6.07, 6.45) is 0.